The molecule has 3 rings (SSSR count). The molecule has 0 radical (unpaired) electrons. The summed E-state index contributed by atoms with van der Waals surface area (Å²) in [4.78, 5) is 20.6. The quantitative estimate of drug-likeness (QED) is 0.198. The zero-order chi connectivity index (χ0) is 25.2. The minimum atomic E-state index is -2.38. The van der Waals surface area contributed by atoms with E-state index in [-0.39, 0.29) is 12.7 Å². The first kappa shape index (κ1) is 27.3. The van der Waals surface area contributed by atoms with Gasteiger partial charge in [-0.2, -0.15) is 0 Å². The molecule has 5 atom stereocenters. The number of ether oxygens (including phenoxy) is 3. The maximum Gasteiger partial charge on any atom is 0.613 e. The van der Waals surface area contributed by atoms with Crippen molar-refractivity contribution in [3.63, 3.8) is 0 Å². The molecule has 0 amide bonds. The minimum absolute atomic E-state index is 0.0860. The molecular weight excluding hydrogens is 505 g/mol. The number of esters is 1. The number of carbonyl (C=O) groups is 1. The van der Waals surface area contributed by atoms with Crippen molar-refractivity contribution < 1.29 is 33.2 Å². The van der Waals surface area contributed by atoms with Crippen LogP contribution in [0.2, 0.25) is 5.15 Å². The highest BCUT2D eigenvalue weighted by molar-refractivity contribution is 7.36. The lowest BCUT2D eigenvalue weighted by Crippen LogP contribution is -2.37. The number of pyridine rings is 1. The molecule has 2 aromatic heterocycles. The molecule has 13 heteroatoms. The fourth-order valence-electron chi connectivity index (χ4n) is 3.52. The topological polar surface area (TPSA) is 129 Å². The zero-order valence-electron chi connectivity index (χ0n) is 19.9. The minimum Gasteiger partial charge on any atom is -0.462 e. The number of carbonyl (C=O) groups excluding carboxylic acids is 1. The van der Waals surface area contributed by atoms with Gasteiger partial charge in [0.05, 0.1) is 28.0 Å². The van der Waals surface area contributed by atoms with Gasteiger partial charge in [-0.3, -0.25) is 4.79 Å². The lowest BCUT2D eigenvalue weighted by Gasteiger charge is -2.25. The van der Waals surface area contributed by atoms with E-state index >= 15 is 0 Å². The Morgan fingerprint density at radius 3 is 2.79 bits per heavy atom. The number of hydrogen-bond acceptors (Lipinski definition) is 10. The van der Waals surface area contributed by atoms with E-state index in [0.29, 0.717) is 17.1 Å². The summed E-state index contributed by atoms with van der Waals surface area (Å²) in [5.74, 6) is -1.94. The number of nitrogens with one attached hydrogen (secondary N) is 1. The predicted molar refractivity (Wildman–Crippen MR) is 128 cm³/mol. The molecule has 2 N–H and O–H groups in total. The van der Waals surface area contributed by atoms with Gasteiger partial charge in [0.15, 0.2) is 10.9 Å². The van der Waals surface area contributed by atoms with Gasteiger partial charge in [0.1, 0.15) is 24.3 Å². The van der Waals surface area contributed by atoms with Crippen LogP contribution in [0.5, 0.6) is 0 Å². The van der Waals surface area contributed by atoms with E-state index in [4.69, 9.17) is 30.3 Å². The van der Waals surface area contributed by atoms with Crippen LogP contribution in [-0.2, 0) is 28.1 Å². The Kier molecular flexibility index (Phi) is 8.97. The van der Waals surface area contributed by atoms with E-state index < -0.39 is 44.3 Å². The molecule has 1 aliphatic heterocycles. The summed E-state index contributed by atoms with van der Waals surface area (Å²) in [7, 11) is -2.38. The summed E-state index contributed by atoms with van der Waals surface area (Å²) in [5.41, 5.74) is 1.42. The van der Waals surface area contributed by atoms with Crippen molar-refractivity contribution in [1.82, 2.24) is 15.1 Å². The Morgan fingerprint density at radius 1 is 1.44 bits per heavy atom. The molecule has 34 heavy (non-hydrogen) atoms. The van der Waals surface area contributed by atoms with Crippen LogP contribution in [0.1, 0.15) is 57.7 Å². The molecule has 0 saturated carbocycles. The van der Waals surface area contributed by atoms with Gasteiger partial charge in [-0.15, -0.1) is 15.9 Å². The van der Waals surface area contributed by atoms with Gasteiger partial charge in [-0.05, 0) is 46.1 Å². The normalized spacial score (nSPS) is 22.4. The van der Waals surface area contributed by atoms with Crippen molar-refractivity contribution in [2.45, 2.75) is 84.2 Å². The molecule has 1 fully saturated rings. The SMILES string of the molecule is Cc1nc2c(Cl)ncc(C3CC(OC(C)(C)O)C(CO[P+](=O)N[C@H](C)C(=O)OC(C)C)O3)c2s1. The van der Waals surface area contributed by atoms with Gasteiger partial charge in [0.2, 0.25) is 0 Å². The summed E-state index contributed by atoms with van der Waals surface area (Å²) >= 11 is 7.70. The number of hydrogen-bond donors (Lipinski definition) is 2. The fourth-order valence-corrected chi connectivity index (χ4v) is 5.51. The second kappa shape index (κ2) is 11.2. The van der Waals surface area contributed by atoms with Gasteiger partial charge in [0.25, 0.3) is 0 Å². The first-order chi connectivity index (χ1) is 15.8. The molecule has 1 aliphatic rings. The lowest BCUT2D eigenvalue weighted by molar-refractivity contribution is -0.216. The molecule has 1 saturated heterocycles. The van der Waals surface area contributed by atoms with E-state index in [2.05, 4.69) is 15.1 Å². The van der Waals surface area contributed by atoms with E-state index in [1.165, 1.54) is 25.2 Å². The summed E-state index contributed by atoms with van der Waals surface area (Å²) in [6.07, 6.45) is 0.191. The third-order valence-corrected chi connectivity index (χ3v) is 7.13. The predicted octanol–water partition coefficient (Wildman–Crippen LogP) is 4.20. The molecule has 2 aromatic rings. The molecule has 3 heterocycles. The summed E-state index contributed by atoms with van der Waals surface area (Å²) in [6.45, 7) is 9.85. The number of aliphatic hydroxyl groups is 1. The first-order valence-corrected chi connectivity index (χ1v) is 13.2. The van der Waals surface area contributed by atoms with Crippen LogP contribution in [0.4, 0.5) is 0 Å². The number of aryl methyl sites for hydroxylation is 1. The number of aromatic nitrogens is 2. The van der Waals surface area contributed by atoms with Gasteiger partial charge in [-0.1, -0.05) is 16.7 Å². The molecular formula is C21H30ClN3O7PS+. The van der Waals surface area contributed by atoms with E-state index in [1.807, 2.05) is 6.92 Å². The maximum atomic E-state index is 12.4. The number of rotatable bonds is 10. The number of fused-ring (bicyclic) bond motifs is 1. The van der Waals surface area contributed by atoms with Crippen molar-refractivity contribution in [1.29, 1.82) is 0 Å². The van der Waals surface area contributed by atoms with Crippen molar-refractivity contribution in [2.24, 2.45) is 0 Å². The Labute approximate surface area is 208 Å². The Bertz CT molecular complexity index is 1050. The molecule has 10 nitrogen and oxygen atoms in total. The Balaban J connectivity index is 1.70. The van der Waals surface area contributed by atoms with Gasteiger partial charge in [-0.25, -0.2) is 9.97 Å². The van der Waals surface area contributed by atoms with Crippen LogP contribution in [0, 0.1) is 6.92 Å². The Morgan fingerprint density at radius 2 is 2.15 bits per heavy atom. The molecule has 4 unspecified atom stereocenters. The van der Waals surface area contributed by atoms with Gasteiger partial charge in [0, 0.05) is 18.2 Å². The highest BCUT2D eigenvalue weighted by Crippen LogP contribution is 2.42. The second-order valence-corrected chi connectivity index (χ2v) is 11.4. The van der Waals surface area contributed by atoms with Gasteiger partial charge >= 0.3 is 14.1 Å². The van der Waals surface area contributed by atoms with Crippen LogP contribution in [0.25, 0.3) is 10.2 Å². The van der Waals surface area contributed by atoms with Crippen LogP contribution < -0.4 is 5.09 Å². The van der Waals surface area contributed by atoms with E-state index in [9.17, 15) is 14.5 Å². The third kappa shape index (κ3) is 7.11. The average molecular weight is 535 g/mol. The Hall–Kier alpha value is -1.30. The molecule has 0 bridgehead atoms. The first-order valence-electron chi connectivity index (χ1n) is 10.9. The van der Waals surface area contributed by atoms with Crippen LogP contribution in [0.15, 0.2) is 6.20 Å². The number of halogens is 1. The van der Waals surface area contributed by atoms with Crippen molar-refractivity contribution in [3.8, 4) is 0 Å². The highest BCUT2D eigenvalue weighted by Gasteiger charge is 2.42. The van der Waals surface area contributed by atoms with Crippen LogP contribution in [-0.4, -0.2) is 57.8 Å². The monoisotopic (exact) mass is 534 g/mol. The molecule has 0 aliphatic carbocycles. The van der Waals surface area contributed by atoms with Gasteiger partial charge < -0.3 is 19.3 Å². The third-order valence-electron chi connectivity index (χ3n) is 4.86. The van der Waals surface area contributed by atoms with Crippen molar-refractivity contribution in [2.75, 3.05) is 6.61 Å². The van der Waals surface area contributed by atoms with Crippen molar-refractivity contribution in [3.05, 3.63) is 21.9 Å². The zero-order valence-corrected chi connectivity index (χ0v) is 22.4. The van der Waals surface area contributed by atoms with Crippen LogP contribution >= 0.6 is 31.1 Å². The summed E-state index contributed by atoms with van der Waals surface area (Å²) < 4.78 is 35.8. The molecule has 0 spiro atoms. The fraction of sp³-hybridized carbons (Fsp3) is 0.667. The van der Waals surface area contributed by atoms with Crippen molar-refractivity contribution >= 4 is 47.3 Å². The number of nitrogens with zero attached hydrogens (tertiary/aromatic N) is 2. The van der Waals surface area contributed by atoms with Crippen LogP contribution in [0.3, 0.4) is 0 Å². The average Bonchev–Trinajstić information content (AvgIpc) is 3.28. The number of thiazole rings is 1. The summed E-state index contributed by atoms with van der Waals surface area (Å²) in [5, 5.41) is 14.0. The smallest absolute Gasteiger partial charge is 0.462 e. The van der Waals surface area contributed by atoms with E-state index in [0.717, 1.165) is 15.3 Å². The maximum absolute atomic E-state index is 12.4. The lowest BCUT2D eigenvalue weighted by atomic mass is 10.1. The standard InChI is InChI=1S/C21H30ClN3O7PS/c1-10(2)30-20(26)11(3)25-33(28)29-9-16-15(32-21(5,6)27)7-14(31-16)13-8-23-19(22)17-18(13)34-12(4)24-17/h8,10-11,14-16,27H,7,9H2,1-6H3,(H,25,28)/q+1/t11-,14?,15?,16?/m1/s1. The summed E-state index contributed by atoms with van der Waals surface area (Å²) in [6, 6.07) is -0.810. The second-order valence-electron chi connectivity index (χ2n) is 8.81. The highest BCUT2D eigenvalue weighted by atomic mass is 35.5. The molecule has 188 valence electrons. The van der Waals surface area contributed by atoms with E-state index in [1.54, 1.807) is 27.0 Å². The largest absolute Gasteiger partial charge is 0.613 e. The molecule has 0 aromatic carbocycles.